The molecule has 5 rings (SSSR count). The first kappa shape index (κ1) is 17.8. The normalized spacial score (nSPS) is 11.5. The number of aromatic nitrogens is 4. The van der Waals surface area contributed by atoms with Crippen LogP contribution in [-0.4, -0.2) is 19.7 Å². The quantitative estimate of drug-likeness (QED) is 0.398. The van der Waals surface area contributed by atoms with E-state index in [1.165, 1.54) is 4.68 Å². The van der Waals surface area contributed by atoms with E-state index in [1.54, 1.807) is 6.92 Å². The summed E-state index contributed by atoms with van der Waals surface area (Å²) in [6.07, 6.45) is 0. The van der Waals surface area contributed by atoms with E-state index in [0.717, 1.165) is 28.1 Å². The number of azo groups is 1. The number of para-hydroxylation sites is 3. The van der Waals surface area contributed by atoms with Gasteiger partial charge in [-0.05, 0) is 55.5 Å². The van der Waals surface area contributed by atoms with Gasteiger partial charge < -0.3 is 4.98 Å². The SMILES string of the molecule is Cc1[nH]n(-c2ccccc2)c(=O)c1N=Nc1ccc(-c2nc3ccccc3[nH]2)cc1. The summed E-state index contributed by atoms with van der Waals surface area (Å²) in [5.41, 5.74) is 4.99. The minimum atomic E-state index is -0.235. The highest BCUT2D eigenvalue weighted by Crippen LogP contribution is 2.24. The molecular formula is C23H18N6O. The van der Waals surface area contributed by atoms with Crippen LogP contribution in [0.4, 0.5) is 11.4 Å². The number of nitrogens with zero attached hydrogens (tertiary/aromatic N) is 4. The molecule has 0 aliphatic carbocycles. The highest BCUT2D eigenvalue weighted by molar-refractivity contribution is 5.79. The van der Waals surface area contributed by atoms with Crippen molar-refractivity contribution < 1.29 is 0 Å². The Kier molecular flexibility index (Phi) is 4.33. The second-order valence-electron chi connectivity index (χ2n) is 6.91. The van der Waals surface area contributed by atoms with Crippen molar-refractivity contribution in [1.82, 2.24) is 19.7 Å². The molecule has 0 aliphatic heterocycles. The number of imidazole rings is 1. The largest absolute Gasteiger partial charge is 0.338 e. The molecule has 5 aromatic rings. The maximum atomic E-state index is 12.7. The first-order valence-electron chi connectivity index (χ1n) is 9.53. The van der Waals surface area contributed by atoms with Crippen molar-refractivity contribution in [2.45, 2.75) is 6.92 Å². The molecule has 0 unspecified atom stereocenters. The van der Waals surface area contributed by atoms with E-state index in [2.05, 4.69) is 25.3 Å². The third kappa shape index (κ3) is 3.22. The molecule has 0 spiro atoms. The molecular weight excluding hydrogens is 376 g/mol. The zero-order valence-electron chi connectivity index (χ0n) is 16.2. The second-order valence-corrected chi connectivity index (χ2v) is 6.91. The van der Waals surface area contributed by atoms with Gasteiger partial charge in [-0.25, -0.2) is 9.67 Å². The lowest BCUT2D eigenvalue weighted by Crippen LogP contribution is -2.13. The Labute approximate surface area is 171 Å². The molecule has 0 bridgehead atoms. The van der Waals surface area contributed by atoms with E-state index in [1.807, 2.05) is 78.9 Å². The molecule has 0 amide bonds. The van der Waals surface area contributed by atoms with Gasteiger partial charge in [-0.15, -0.1) is 5.11 Å². The molecule has 0 radical (unpaired) electrons. The monoisotopic (exact) mass is 394 g/mol. The zero-order valence-corrected chi connectivity index (χ0v) is 16.2. The van der Waals surface area contributed by atoms with Crippen LogP contribution in [-0.2, 0) is 0 Å². The number of hydrogen-bond donors (Lipinski definition) is 2. The molecule has 7 nitrogen and oxygen atoms in total. The Morgan fingerprint density at radius 3 is 2.37 bits per heavy atom. The fraction of sp³-hybridized carbons (Fsp3) is 0.0435. The summed E-state index contributed by atoms with van der Waals surface area (Å²) in [7, 11) is 0. The molecule has 0 fully saturated rings. The molecule has 2 heterocycles. The predicted octanol–water partition coefficient (Wildman–Crippen LogP) is 5.43. The third-order valence-corrected chi connectivity index (χ3v) is 4.85. The van der Waals surface area contributed by atoms with Gasteiger partial charge in [0.2, 0.25) is 0 Å². The van der Waals surface area contributed by atoms with Crippen LogP contribution in [0.15, 0.2) is 93.9 Å². The van der Waals surface area contributed by atoms with E-state index in [4.69, 9.17) is 0 Å². The fourth-order valence-electron chi connectivity index (χ4n) is 3.30. The molecule has 0 saturated heterocycles. The van der Waals surface area contributed by atoms with Crippen LogP contribution in [0, 0.1) is 6.92 Å². The Hall–Kier alpha value is -4.26. The van der Waals surface area contributed by atoms with Crippen molar-refractivity contribution in [3.63, 3.8) is 0 Å². The Morgan fingerprint density at radius 1 is 0.867 bits per heavy atom. The highest BCUT2D eigenvalue weighted by atomic mass is 16.1. The molecule has 30 heavy (non-hydrogen) atoms. The summed E-state index contributed by atoms with van der Waals surface area (Å²) in [6, 6.07) is 24.8. The molecule has 7 heteroatoms. The molecule has 2 aromatic heterocycles. The van der Waals surface area contributed by atoms with Gasteiger partial charge in [0, 0.05) is 5.56 Å². The van der Waals surface area contributed by atoms with Crippen molar-refractivity contribution in [2.75, 3.05) is 0 Å². The number of fused-ring (bicyclic) bond motifs is 1. The van der Waals surface area contributed by atoms with Crippen LogP contribution in [0.1, 0.15) is 5.69 Å². The first-order valence-corrected chi connectivity index (χ1v) is 9.53. The number of nitrogens with one attached hydrogen (secondary N) is 2. The Balaban J connectivity index is 1.41. The smallest absolute Gasteiger partial charge is 0.299 e. The van der Waals surface area contributed by atoms with Crippen molar-refractivity contribution in [2.24, 2.45) is 10.2 Å². The van der Waals surface area contributed by atoms with Gasteiger partial charge in [0.1, 0.15) is 5.82 Å². The van der Waals surface area contributed by atoms with Crippen LogP contribution in [0.25, 0.3) is 28.1 Å². The fourth-order valence-corrected chi connectivity index (χ4v) is 3.30. The van der Waals surface area contributed by atoms with Crippen molar-refractivity contribution >= 4 is 22.4 Å². The van der Waals surface area contributed by atoms with Crippen LogP contribution in [0.3, 0.4) is 0 Å². The minimum absolute atomic E-state index is 0.235. The maximum Gasteiger partial charge on any atom is 0.299 e. The lowest BCUT2D eigenvalue weighted by atomic mass is 10.2. The van der Waals surface area contributed by atoms with Gasteiger partial charge >= 0.3 is 0 Å². The van der Waals surface area contributed by atoms with E-state index in [-0.39, 0.29) is 5.56 Å². The Morgan fingerprint density at radius 2 is 1.60 bits per heavy atom. The van der Waals surface area contributed by atoms with E-state index >= 15 is 0 Å². The predicted molar refractivity (Wildman–Crippen MR) is 117 cm³/mol. The van der Waals surface area contributed by atoms with Gasteiger partial charge in [0.05, 0.1) is 28.1 Å². The highest BCUT2D eigenvalue weighted by Gasteiger charge is 2.12. The van der Waals surface area contributed by atoms with Crippen LogP contribution in [0.5, 0.6) is 0 Å². The van der Waals surface area contributed by atoms with Crippen molar-refractivity contribution in [3.05, 3.63) is 94.9 Å². The van der Waals surface area contributed by atoms with E-state index in [9.17, 15) is 4.79 Å². The molecule has 0 atom stereocenters. The number of H-pyrrole nitrogens is 2. The molecule has 0 aliphatic rings. The summed E-state index contributed by atoms with van der Waals surface area (Å²) >= 11 is 0. The molecule has 2 N–H and O–H groups in total. The standard InChI is InChI=1S/C23H18N6O/c1-15-21(23(30)29(28-15)18-7-3-2-4-8-18)27-26-17-13-11-16(12-14-17)22-24-19-9-5-6-10-20(19)25-22/h2-14,28H,1H3,(H,24,25). The summed E-state index contributed by atoms with van der Waals surface area (Å²) in [5.74, 6) is 0.798. The first-order chi connectivity index (χ1) is 14.7. The lowest BCUT2D eigenvalue weighted by Gasteiger charge is -1.99. The van der Waals surface area contributed by atoms with Gasteiger partial charge in [-0.2, -0.15) is 5.11 Å². The van der Waals surface area contributed by atoms with Gasteiger partial charge in [-0.1, -0.05) is 30.3 Å². The van der Waals surface area contributed by atoms with Crippen LogP contribution < -0.4 is 5.56 Å². The molecule has 3 aromatic carbocycles. The van der Waals surface area contributed by atoms with Crippen LogP contribution in [0.2, 0.25) is 0 Å². The maximum absolute atomic E-state index is 12.7. The second kappa shape index (κ2) is 7.29. The summed E-state index contributed by atoms with van der Waals surface area (Å²) in [6.45, 7) is 1.81. The Bertz CT molecular complexity index is 1370. The van der Waals surface area contributed by atoms with Crippen LogP contribution >= 0.6 is 0 Å². The minimum Gasteiger partial charge on any atom is -0.338 e. The molecule has 0 saturated carbocycles. The summed E-state index contributed by atoms with van der Waals surface area (Å²) < 4.78 is 1.47. The third-order valence-electron chi connectivity index (χ3n) is 4.85. The number of aryl methyl sites for hydroxylation is 1. The van der Waals surface area contributed by atoms with Crippen molar-refractivity contribution in [3.8, 4) is 17.1 Å². The number of aromatic amines is 2. The average Bonchev–Trinajstić information content (AvgIpc) is 3.34. The molecule has 146 valence electrons. The van der Waals surface area contributed by atoms with E-state index in [0.29, 0.717) is 17.1 Å². The number of rotatable bonds is 4. The van der Waals surface area contributed by atoms with Gasteiger partial charge in [0.25, 0.3) is 5.56 Å². The summed E-state index contributed by atoms with van der Waals surface area (Å²) in [4.78, 5) is 20.6. The van der Waals surface area contributed by atoms with E-state index < -0.39 is 0 Å². The topological polar surface area (TPSA) is 91.2 Å². The average molecular weight is 394 g/mol. The lowest BCUT2D eigenvalue weighted by molar-refractivity contribution is 0.835. The van der Waals surface area contributed by atoms with Gasteiger partial charge in [0.15, 0.2) is 5.69 Å². The van der Waals surface area contributed by atoms with Crippen molar-refractivity contribution in [1.29, 1.82) is 0 Å². The van der Waals surface area contributed by atoms with Gasteiger partial charge in [-0.3, -0.25) is 9.89 Å². The number of hydrogen-bond acceptors (Lipinski definition) is 4. The summed E-state index contributed by atoms with van der Waals surface area (Å²) in [5, 5.41) is 11.5. The zero-order chi connectivity index (χ0) is 20.5. The number of benzene rings is 3.